The summed E-state index contributed by atoms with van der Waals surface area (Å²) in [5, 5.41) is 6.85. The fraction of sp³-hybridized carbons (Fsp3) is 0.474. The van der Waals surface area contributed by atoms with Crippen LogP contribution in [0.5, 0.6) is 0 Å². The lowest BCUT2D eigenvalue weighted by atomic mass is 10.1. The lowest BCUT2D eigenvalue weighted by molar-refractivity contribution is 0.0931. The topological polar surface area (TPSA) is 58.4 Å². The molecule has 0 radical (unpaired) electrons. The predicted octanol–water partition coefficient (Wildman–Crippen LogP) is 3.09. The number of aromatic nitrogens is 1. The average molecular weight is 343 g/mol. The number of amides is 1. The van der Waals surface area contributed by atoms with Gasteiger partial charge in [0.25, 0.3) is 5.91 Å². The van der Waals surface area contributed by atoms with Gasteiger partial charge in [-0.2, -0.15) is 0 Å². The van der Waals surface area contributed by atoms with Gasteiger partial charge in [-0.1, -0.05) is 5.16 Å². The van der Waals surface area contributed by atoms with Crippen molar-refractivity contribution in [3.8, 4) is 11.3 Å². The summed E-state index contributed by atoms with van der Waals surface area (Å²) in [6.07, 6.45) is 4.91. The van der Waals surface area contributed by atoms with E-state index in [1.54, 1.807) is 18.2 Å². The monoisotopic (exact) mass is 343 g/mol. The third-order valence-corrected chi connectivity index (χ3v) is 5.21. The smallest absolute Gasteiger partial charge is 0.273 e. The van der Waals surface area contributed by atoms with E-state index in [4.69, 9.17) is 4.52 Å². The van der Waals surface area contributed by atoms with Crippen molar-refractivity contribution in [2.45, 2.75) is 25.7 Å². The summed E-state index contributed by atoms with van der Waals surface area (Å²) in [5.41, 5.74) is 1.20. The van der Waals surface area contributed by atoms with Crippen LogP contribution >= 0.6 is 0 Å². The van der Waals surface area contributed by atoms with Crippen LogP contribution in [-0.4, -0.2) is 42.1 Å². The second-order valence-electron chi connectivity index (χ2n) is 7.25. The van der Waals surface area contributed by atoms with E-state index in [1.165, 1.54) is 50.9 Å². The van der Waals surface area contributed by atoms with Gasteiger partial charge in [0, 0.05) is 30.1 Å². The van der Waals surface area contributed by atoms with Crippen molar-refractivity contribution in [3.63, 3.8) is 0 Å². The van der Waals surface area contributed by atoms with Crippen molar-refractivity contribution in [1.82, 2.24) is 15.4 Å². The summed E-state index contributed by atoms with van der Waals surface area (Å²) >= 11 is 0. The Kier molecular flexibility index (Phi) is 4.29. The van der Waals surface area contributed by atoms with Crippen LogP contribution < -0.4 is 5.32 Å². The summed E-state index contributed by atoms with van der Waals surface area (Å²) in [6.45, 7) is 4.12. The molecule has 1 saturated heterocycles. The van der Waals surface area contributed by atoms with Crippen molar-refractivity contribution in [2.24, 2.45) is 5.41 Å². The van der Waals surface area contributed by atoms with E-state index in [9.17, 15) is 9.18 Å². The molecule has 1 aliphatic heterocycles. The molecule has 0 atom stereocenters. The lowest BCUT2D eigenvalue weighted by Gasteiger charge is -2.23. The number of carbonyl (C=O) groups is 1. The lowest BCUT2D eigenvalue weighted by Crippen LogP contribution is -2.37. The Balaban J connectivity index is 1.34. The minimum Gasteiger partial charge on any atom is -0.355 e. The van der Waals surface area contributed by atoms with Gasteiger partial charge in [0.15, 0.2) is 11.5 Å². The number of rotatable bonds is 6. The Morgan fingerprint density at radius 3 is 2.64 bits per heavy atom. The molecule has 1 aromatic carbocycles. The Bertz CT molecular complexity index is 746. The quantitative estimate of drug-likeness (QED) is 0.876. The normalized spacial score (nSPS) is 19.1. The fourth-order valence-electron chi connectivity index (χ4n) is 3.47. The highest BCUT2D eigenvalue weighted by Crippen LogP contribution is 2.46. The van der Waals surface area contributed by atoms with Gasteiger partial charge in [-0.25, -0.2) is 4.39 Å². The first-order valence-corrected chi connectivity index (χ1v) is 8.87. The van der Waals surface area contributed by atoms with Gasteiger partial charge in [-0.3, -0.25) is 4.79 Å². The summed E-state index contributed by atoms with van der Waals surface area (Å²) < 4.78 is 18.2. The molecule has 6 heteroatoms. The van der Waals surface area contributed by atoms with Gasteiger partial charge < -0.3 is 14.7 Å². The van der Waals surface area contributed by atoms with Gasteiger partial charge in [0.05, 0.1) is 0 Å². The number of benzene rings is 1. The molecule has 132 valence electrons. The maximum Gasteiger partial charge on any atom is 0.273 e. The zero-order valence-corrected chi connectivity index (χ0v) is 14.1. The number of carbonyl (C=O) groups excluding carboxylic acids is 1. The molecule has 25 heavy (non-hydrogen) atoms. The van der Waals surface area contributed by atoms with E-state index in [0.29, 0.717) is 17.9 Å². The summed E-state index contributed by atoms with van der Waals surface area (Å²) in [4.78, 5) is 14.8. The molecule has 1 N–H and O–H groups in total. The summed E-state index contributed by atoms with van der Waals surface area (Å²) in [7, 11) is 0. The van der Waals surface area contributed by atoms with E-state index in [0.717, 1.165) is 6.54 Å². The molecule has 0 bridgehead atoms. The first-order chi connectivity index (χ1) is 12.1. The molecule has 1 amide bonds. The molecule has 1 aromatic heterocycles. The van der Waals surface area contributed by atoms with Crippen molar-refractivity contribution in [2.75, 3.05) is 26.2 Å². The predicted molar refractivity (Wildman–Crippen MR) is 91.6 cm³/mol. The zero-order valence-electron chi connectivity index (χ0n) is 14.1. The molecule has 2 aliphatic rings. The second kappa shape index (κ2) is 6.59. The highest BCUT2D eigenvalue weighted by Gasteiger charge is 2.44. The van der Waals surface area contributed by atoms with Crippen molar-refractivity contribution in [3.05, 3.63) is 41.8 Å². The zero-order chi connectivity index (χ0) is 17.3. The molecule has 1 saturated carbocycles. The molecule has 2 aromatic rings. The highest BCUT2D eigenvalue weighted by atomic mass is 19.1. The molecule has 4 rings (SSSR count). The van der Waals surface area contributed by atoms with Crippen LogP contribution in [0.15, 0.2) is 34.9 Å². The minimum atomic E-state index is -0.311. The van der Waals surface area contributed by atoms with Crippen LogP contribution in [0.4, 0.5) is 4.39 Å². The third kappa shape index (κ3) is 3.74. The first kappa shape index (κ1) is 16.3. The maximum absolute atomic E-state index is 13.0. The molecule has 1 aliphatic carbocycles. The van der Waals surface area contributed by atoms with Gasteiger partial charge in [-0.15, -0.1) is 0 Å². The SMILES string of the molecule is O=C(NCC1(CN2CCCC2)CC1)c1cc(-c2ccc(F)cc2)on1. The van der Waals surface area contributed by atoms with Crippen LogP contribution in [-0.2, 0) is 0 Å². The number of hydrogen-bond donors (Lipinski definition) is 1. The summed E-state index contributed by atoms with van der Waals surface area (Å²) in [5.74, 6) is -0.0675. The van der Waals surface area contributed by atoms with E-state index < -0.39 is 0 Å². The van der Waals surface area contributed by atoms with Gasteiger partial charge in [0.1, 0.15) is 5.82 Å². The molecule has 0 unspecified atom stereocenters. The molecule has 2 heterocycles. The molecule has 5 nitrogen and oxygen atoms in total. The van der Waals surface area contributed by atoms with Gasteiger partial charge in [0.2, 0.25) is 0 Å². The van der Waals surface area contributed by atoms with Crippen LogP contribution in [0.2, 0.25) is 0 Å². The Morgan fingerprint density at radius 2 is 1.96 bits per heavy atom. The van der Waals surface area contributed by atoms with E-state index in [2.05, 4.69) is 15.4 Å². The van der Waals surface area contributed by atoms with E-state index in [1.807, 2.05) is 0 Å². The van der Waals surface area contributed by atoms with Crippen LogP contribution in [0.1, 0.15) is 36.2 Å². The third-order valence-electron chi connectivity index (χ3n) is 5.21. The maximum atomic E-state index is 13.0. The number of nitrogens with one attached hydrogen (secondary N) is 1. The average Bonchev–Trinajstić information content (AvgIpc) is 3.03. The van der Waals surface area contributed by atoms with Crippen LogP contribution in [0, 0.1) is 11.2 Å². The van der Waals surface area contributed by atoms with Crippen molar-refractivity contribution < 1.29 is 13.7 Å². The first-order valence-electron chi connectivity index (χ1n) is 8.87. The largest absolute Gasteiger partial charge is 0.355 e. The molecule has 2 fully saturated rings. The molecular formula is C19H22FN3O2. The minimum absolute atomic E-state index is 0.218. The Labute approximate surface area is 146 Å². The highest BCUT2D eigenvalue weighted by molar-refractivity contribution is 5.93. The van der Waals surface area contributed by atoms with Crippen molar-refractivity contribution in [1.29, 1.82) is 0 Å². The van der Waals surface area contributed by atoms with E-state index >= 15 is 0 Å². The summed E-state index contributed by atoms with van der Waals surface area (Å²) in [6, 6.07) is 7.52. The Morgan fingerprint density at radius 1 is 1.24 bits per heavy atom. The molecular weight excluding hydrogens is 321 g/mol. The van der Waals surface area contributed by atoms with Gasteiger partial charge >= 0.3 is 0 Å². The standard InChI is InChI=1S/C19H22FN3O2/c20-15-5-3-14(4-6-15)17-11-16(22-25-17)18(24)21-12-19(7-8-19)13-23-9-1-2-10-23/h3-6,11H,1-2,7-10,12-13H2,(H,21,24). The number of hydrogen-bond acceptors (Lipinski definition) is 4. The molecule has 0 spiro atoms. The van der Waals surface area contributed by atoms with Gasteiger partial charge in [-0.05, 0) is 63.0 Å². The van der Waals surface area contributed by atoms with Crippen LogP contribution in [0.3, 0.4) is 0 Å². The van der Waals surface area contributed by atoms with Crippen molar-refractivity contribution >= 4 is 5.91 Å². The van der Waals surface area contributed by atoms with Crippen LogP contribution in [0.25, 0.3) is 11.3 Å². The Hall–Kier alpha value is -2.21. The second-order valence-corrected chi connectivity index (χ2v) is 7.25. The number of nitrogens with zero attached hydrogens (tertiary/aromatic N) is 2. The van der Waals surface area contributed by atoms with E-state index in [-0.39, 0.29) is 22.8 Å². The fourth-order valence-corrected chi connectivity index (χ4v) is 3.47. The number of halogens is 1. The number of likely N-dealkylation sites (tertiary alicyclic amines) is 1.